The van der Waals surface area contributed by atoms with Crippen LogP contribution in [0.3, 0.4) is 0 Å². The second-order valence-electron chi connectivity index (χ2n) is 3.68. The highest BCUT2D eigenvalue weighted by Crippen LogP contribution is 2.16. The Morgan fingerprint density at radius 1 is 1.50 bits per heavy atom. The summed E-state index contributed by atoms with van der Waals surface area (Å²) in [7, 11) is -2.97. The number of nitrogen functional groups attached to an aromatic ring is 1. The SMILES string of the molecule is CS(=O)(=O)CCc1c[nH]c2cnc(N)nc12. The van der Waals surface area contributed by atoms with Crippen molar-refractivity contribution in [2.75, 3.05) is 17.7 Å². The van der Waals surface area contributed by atoms with E-state index in [0.717, 1.165) is 11.1 Å². The Balaban J connectivity index is 2.34. The third kappa shape index (κ3) is 2.30. The molecule has 0 spiro atoms. The molecule has 0 saturated heterocycles. The molecule has 7 heteroatoms. The number of nitrogens with zero attached hydrogens (tertiary/aromatic N) is 2. The van der Waals surface area contributed by atoms with Gasteiger partial charge in [-0.15, -0.1) is 0 Å². The van der Waals surface area contributed by atoms with Crippen molar-refractivity contribution in [3.63, 3.8) is 0 Å². The van der Waals surface area contributed by atoms with Crippen LogP contribution in [0.4, 0.5) is 5.95 Å². The van der Waals surface area contributed by atoms with E-state index in [1.54, 1.807) is 12.4 Å². The highest BCUT2D eigenvalue weighted by Gasteiger charge is 2.09. The van der Waals surface area contributed by atoms with Gasteiger partial charge < -0.3 is 10.7 Å². The number of anilines is 1. The minimum Gasteiger partial charge on any atom is -0.368 e. The lowest BCUT2D eigenvalue weighted by molar-refractivity contribution is 0.601. The van der Waals surface area contributed by atoms with Gasteiger partial charge in [-0.1, -0.05) is 0 Å². The van der Waals surface area contributed by atoms with Gasteiger partial charge in [0.2, 0.25) is 5.95 Å². The standard InChI is InChI=1S/C9H12N4O2S/c1-16(14,15)3-2-6-4-11-7-5-12-9(10)13-8(6)7/h4-5,11H,2-3H2,1H3,(H2,10,12,13). The topological polar surface area (TPSA) is 102 Å². The summed E-state index contributed by atoms with van der Waals surface area (Å²) in [5, 5.41) is 0. The van der Waals surface area contributed by atoms with Crippen LogP contribution >= 0.6 is 0 Å². The first-order valence-corrected chi connectivity index (χ1v) is 6.78. The van der Waals surface area contributed by atoms with Crippen LogP contribution in [0, 0.1) is 0 Å². The molecule has 16 heavy (non-hydrogen) atoms. The molecule has 3 N–H and O–H groups in total. The van der Waals surface area contributed by atoms with Gasteiger partial charge >= 0.3 is 0 Å². The van der Waals surface area contributed by atoms with Crippen molar-refractivity contribution >= 4 is 26.8 Å². The van der Waals surface area contributed by atoms with Gasteiger partial charge in [-0.05, 0) is 12.0 Å². The number of fused-ring (bicyclic) bond motifs is 1. The Morgan fingerprint density at radius 2 is 2.25 bits per heavy atom. The van der Waals surface area contributed by atoms with Gasteiger partial charge in [0.1, 0.15) is 9.84 Å². The molecular weight excluding hydrogens is 228 g/mol. The molecule has 2 aromatic rings. The molecule has 86 valence electrons. The minimum atomic E-state index is -2.97. The molecule has 0 aliphatic heterocycles. The van der Waals surface area contributed by atoms with Crippen LogP contribution in [0.15, 0.2) is 12.4 Å². The number of rotatable bonds is 3. The fourth-order valence-electron chi connectivity index (χ4n) is 1.47. The van der Waals surface area contributed by atoms with E-state index in [0.29, 0.717) is 11.9 Å². The van der Waals surface area contributed by atoms with Gasteiger partial charge in [0.25, 0.3) is 0 Å². The third-order valence-corrected chi connectivity index (χ3v) is 3.20. The van der Waals surface area contributed by atoms with Crippen LogP contribution in [0.5, 0.6) is 0 Å². The highest BCUT2D eigenvalue weighted by molar-refractivity contribution is 7.90. The number of aromatic nitrogens is 3. The molecule has 0 aliphatic rings. The van der Waals surface area contributed by atoms with Crippen molar-refractivity contribution < 1.29 is 8.42 Å². The molecule has 0 bridgehead atoms. The summed E-state index contributed by atoms with van der Waals surface area (Å²) in [4.78, 5) is 10.9. The van der Waals surface area contributed by atoms with Crippen LogP contribution in [-0.2, 0) is 16.3 Å². The number of H-pyrrole nitrogens is 1. The number of aromatic amines is 1. The monoisotopic (exact) mass is 240 g/mol. The molecule has 0 amide bonds. The molecule has 0 atom stereocenters. The zero-order chi connectivity index (χ0) is 11.8. The van der Waals surface area contributed by atoms with Crippen molar-refractivity contribution in [1.82, 2.24) is 15.0 Å². The molecule has 2 rings (SSSR count). The molecule has 0 radical (unpaired) electrons. The first-order chi connectivity index (χ1) is 7.46. The second kappa shape index (κ2) is 3.75. The lowest BCUT2D eigenvalue weighted by Gasteiger charge is -1.98. The molecule has 0 saturated carbocycles. The fraction of sp³-hybridized carbons (Fsp3) is 0.333. The fourth-order valence-corrected chi connectivity index (χ4v) is 2.06. The van der Waals surface area contributed by atoms with E-state index >= 15 is 0 Å². The van der Waals surface area contributed by atoms with E-state index in [9.17, 15) is 8.42 Å². The van der Waals surface area contributed by atoms with Crippen LogP contribution in [0.1, 0.15) is 5.56 Å². The lowest BCUT2D eigenvalue weighted by Crippen LogP contribution is -2.05. The number of sulfone groups is 1. The largest absolute Gasteiger partial charge is 0.368 e. The summed E-state index contributed by atoms with van der Waals surface area (Å²) in [6, 6.07) is 0. The van der Waals surface area contributed by atoms with Crippen LogP contribution < -0.4 is 5.73 Å². The number of nitrogens with two attached hydrogens (primary N) is 1. The molecular formula is C9H12N4O2S. The normalized spacial score (nSPS) is 12.1. The quantitative estimate of drug-likeness (QED) is 0.793. The Bertz CT molecular complexity index is 617. The molecule has 2 aromatic heterocycles. The number of hydrogen-bond donors (Lipinski definition) is 2. The summed E-state index contributed by atoms with van der Waals surface area (Å²) in [5.41, 5.74) is 7.77. The number of hydrogen-bond acceptors (Lipinski definition) is 5. The smallest absolute Gasteiger partial charge is 0.220 e. The van der Waals surface area contributed by atoms with Crippen molar-refractivity contribution in [2.24, 2.45) is 0 Å². The Hall–Kier alpha value is -1.63. The molecule has 0 aromatic carbocycles. The lowest BCUT2D eigenvalue weighted by atomic mass is 10.2. The highest BCUT2D eigenvalue weighted by atomic mass is 32.2. The van der Waals surface area contributed by atoms with Crippen molar-refractivity contribution in [3.05, 3.63) is 18.0 Å². The van der Waals surface area contributed by atoms with Crippen molar-refractivity contribution in [1.29, 1.82) is 0 Å². The summed E-state index contributed by atoms with van der Waals surface area (Å²) in [6.45, 7) is 0. The summed E-state index contributed by atoms with van der Waals surface area (Å²) >= 11 is 0. The maximum Gasteiger partial charge on any atom is 0.220 e. The van der Waals surface area contributed by atoms with Gasteiger partial charge in [-0.25, -0.2) is 18.4 Å². The van der Waals surface area contributed by atoms with E-state index in [4.69, 9.17) is 5.73 Å². The maximum absolute atomic E-state index is 11.1. The van der Waals surface area contributed by atoms with Crippen molar-refractivity contribution in [2.45, 2.75) is 6.42 Å². The predicted octanol–water partition coefficient (Wildman–Crippen LogP) is 0.127. The van der Waals surface area contributed by atoms with E-state index < -0.39 is 9.84 Å². The molecule has 0 fully saturated rings. The van der Waals surface area contributed by atoms with Gasteiger partial charge in [-0.2, -0.15) is 0 Å². The number of nitrogens with one attached hydrogen (secondary N) is 1. The summed E-state index contributed by atoms with van der Waals surface area (Å²) < 4.78 is 22.1. The molecule has 2 heterocycles. The van der Waals surface area contributed by atoms with E-state index in [-0.39, 0.29) is 11.7 Å². The summed E-state index contributed by atoms with van der Waals surface area (Å²) in [6.07, 6.45) is 4.96. The van der Waals surface area contributed by atoms with Gasteiger partial charge in [0, 0.05) is 12.5 Å². The van der Waals surface area contributed by atoms with E-state index in [1.165, 1.54) is 6.26 Å². The average Bonchev–Trinajstić information content (AvgIpc) is 2.56. The molecule has 0 aliphatic carbocycles. The van der Waals surface area contributed by atoms with Gasteiger partial charge in [0.15, 0.2) is 0 Å². The van der Waals surface area contributed by atoms with Crippen LogP contribution in [0.25, 0.3) is 11.0 Å². The Kier molecular flexibility index (Phi) is 2.55. The van der Waals surface area contributed by atoms with Crippen LogP contribution in [-0.4, -0.2) is 35.4 Å². The van der Waals surface area contributed by atoms with E-state index in [2.05, 4.69) is 15.0 Å². The van der Waals surface area contributed by atoms with Gasteiger partial charge in [0.05, 0.1) is 23.0 Å². The zero-order valence-corrected chi connectivity index (χ0v) is 9.58. The first kappa shape index (κ1) is 10.9. The Morgan fingerprint density at radius 3 is 2.94 bits per heavy atom. The third-order valence-electron chi connectivity index (χ3n) is 2.26. The minimum absolute atomic E-state index is 0.101. The molecule has 6 nitrogen and oxygen atoms in total. The van der Waals surface area contributed by atoms with Crippen molar-refractivity contribution in [3.8, 4) is 0 Å². The molecule has 0 unspecified atom stereocenters. The zero-order valence-electron chi connectivity index (χ0n) is 8.77. The Labute approximate surface area is 92.8 Å². The van der Waals surface area contributed by atoms with E-state index in [1.807, 2.05) is 0 Å². The second-order valence-corrected chi connectivity index (χ2v) is 5.94. The number of aryl methyl sites for hydroxylation is 1. The summed E-state index contributed by atoms with van der Waals surface area (Å²) in [5.74, 6) is 0.289. The predicted molar refractivity (Wildman–Crippen MR) is 61.7 cm³/mol. The average molecular weight is 240 g/mol. The van der Waals surface area contributed by atoms with Crippen LogP contribution in [0.2, 0.25) is 0 Å². The van der Waals surface area contributed by atoms with Gasteiger partial charge in [-0.3, -0.25) is 0 Å². The first-order valence-electron chi connectivity index (χ1n) is 4.72. The maximum atomic E-state index is 11.1.